The van der Waals surface area contributed by atoms with E-state index in [2.05, 4.69) is 5.32 Å². The molecule has 0 aromatic heterocycles. The van der Waals surface area contributed by atoms with Crippen LogP contribution in [-0.4, -0.2) is 29.4 Å². The third kappa shape index (κ3) is 2.13. The molecule has 1 aliphatic carbocycles. The fraction of sp³-hybridized carbons (Fsp3) is 0.857. The molecule has 4 nitrogen and oxygen atoms in total. The zero-order valence-corrected chi connectivity index (χ0v) is 11.5. The Bertz CT molecular complexity index is 331. The van der Waals surface area contributed by atoms with E-state index in [0.29, 0.717) is 6.54 Å². The van der Waals surface area contributed by atoms with Gasteiger partial charge in [0.15, 0.2) is 0 Å². The van der Waals surface area contributed by atoms with Crippen LogP contribution in [0.5, 0.6) is 0 Å². The van der Waals surface area contributed by atoms with Gasteiger partial charge in [-0.2, -0.15) is 0 Å². The summed E-state index contributed by atoms with van der Waals surface area (Å²) in [5.41, 5.74) is -0.370. The van der Waals surface area contributed by atoms with Crippen molar-refractivity contribution < 1.29 is 9.59 Å². The largest absolute Gasteiger partial charge is 0.337 e. The zero-order valence-electron chi connectivity index (χ0n) is 11.5. The van der Waals surface area contributed by atoms with Crippen LogP contribution in [0.2, 0.25) is 0 Å². The molecule has 1 saturated heterocycles. The minimum atomic E-state index is -0.370. The number of hydrogen-bond acceptors (Lipinski definition) is 2. The van der Waals surface area contributed by atoms with E-state index in [9.17, 15) is 9.59 Å². The lowest BCUT2D eigenvalue weighted by Gasteiger charge is -2.44. The van der Waals surface area contributed by atoms with Crippen LogP contribution in [-0.2, 0) is 4.79 Å². The van der Waals surface area contributed by atoms with Gasteiger partial charge in [-0.15, -0.1) is 0 Å². The molecule has 4 heteroatoms. The molecule has 0 aromatic rings. The Labute approximate surface area is 109 Å². The van der Waals surface area contributed by atoms with E-state index < -0.39 is 0 Å². The van der Waals surface area contributed by atoms with Crippen molar-refractivity contribution in [2.75, 3.05) is 6.54 Å². The van der Waals surface area contributed by atoms with Gasteiger partial charge in [0.2, 0.25) is 5.91 Å². The maximum atomic E-state index is 12.7. The fourth-order valence-electron chi connectivity index (χ4n) is 3.23. The summed E-state index contributed by atoms with van der Waals surface area (Å²) in [5.74, 6) is 0.0585. The molecule has 0 aromatic carbocycles. The number of carbonyl (C=O) groups excluding carboxylic acids is 2. The van der Waals surface area contributed by atoms with Crippen molar-refractivity contribution in [1.29, 1.82) is 0 Å². The summed E-state index contributed by atoms with van der Waals surface area (Å²) in [6, 6.07) is -0.0477. The number of nitrogens with zero attached hydrogens (tertiary/aromatic N) is 1. The summed E-state index contributed by atoms with van der Waals surface area (Å²) in [7, 11) is 0. The first-order valence-corrected chi connectivity index (χ1v) is 7.26. The van der Waals surface area contributed by atoms with Crippen LogP contribution in [0, 0.1) is 5.41 Å². The number of imide groups is 1. The molecule has 2 aliphatic rings. The highest BCUT2D eigenvalue weighted by atomic mass is 16.2. The molecule has 18 heavy (non-hydrogen) atoms. The van der Waals surface area contributed by atoms with E-state index >= 15 is 0 Å². The van der Waals surface area contributed by atoms with E-state index in [0.717, 1.165) is 38.5 Å². The number of hydrogen-bond donors (Lipinski definition) is 1. The molecule has 0 atom stereocenters. The third-order valence-electron chi connectivity index (χ3n) is 4.76. The number of amides is 3. The molecular formula is C14H24N2O2. The molecular weight excluding hydrogens is 228 g/mol. The van der Waals surface area contributed by atoms with Crippen LogP contribution in [0.25, 0.3) is 0 Å². The SMILES string of the molecule is CCC1(CC)CNC(=O)N(C2CCCCC2)C1=O. The van der Waals surface area contributed by atoms with Gasteiger partial charge in [-0.3, -0.25) is 9.69 Å². The number of urea groups is 1. The van der Waals surface area contributed by atoms with Crippen LogP contribution in [0.15, 0.2) is 0 Å². The Morgan fingerprint density at radius 3 is 2.33 bits per heavy atom. The summed E-state index contributed by atoms with van der Waals surface area (Å²) in [5, 5.41) is 2.92. The van der Waals surface area contributed by atoms with Gasteiger partial charge < -0.3 is 5.32 Å². The lowest BCUT2D eigenvalue weighted by atomic mass is 9.78. The van der Waals surface area contributed by atoms with Gasteiger partial charge in [0.05, 0.1) is 5.41 Å². The summed E-state index contributed by atoms with van der Waals surface area (Å²) < 4.78 is 0. The lowest BCUT2D eigenvalue weighted by Crippen LogP contribution is -2.63. The van der Waals surface area contributed by atoms with Crippen LogP contribution in [0.4, 0.5) is 4.79 Å². The molecule has 1 N–H and O–H groups in total. The van der Waals surface area contributed by atoms with Crippen molar-refractivity contribution in [3.8, 4) is 0 Å². The maximum Gasteiger partial charge on any atom is 0.324 e. The Morgan fingerprint density at radius 2 is 1.78 bits per heavy atom. The molecule has 0 spiro atoms. The molecule has 0 radical (unpaired) electrons. The predicted octanol–water partition coefficient (Wildman–Crippen LogP) is 2.68. The summed E-state index contributed by atoms with van der Waals surface area (Å²) in [6.45, 7) is 4.58. The normalized spacial score (nSPS) is 25.1. The van der Waals surface area contributed by atoms with E-state index in [1.807, 2.05) is 13.8 Å². The molecule has 1 saturated carbocycles. The van der Waals surface area contributed by atoms with Gasteiger partial charge in [0.1, 0.15) is 0 Å². The van der Waals surface area contributed by atoms with Crippen LogP contribution in [0.1, 0.15) is 58.8 Å². The molecule has 1 heterocycles. The van der Waals surface area contributed by atoms with E-state index in [1.165, 1.54) is 11.3 Å². The Kier molecular flexibility index (Phi) is 3.93. The molecule has 102 valence electrons. The minimum absolute atomic E-state index is 0.0585. The van der Waals surface area contributed by atoms with E-state index in [1.54, 1.807) is 0 Å². The minimum Gasteiger partial charge on any atom is -0.337 e. The molecule has 2 fully saturated rings. The summed E-state index contributed by atoms with van der Waals surface area (Å²) >= 11 is 0. The highest BCUT2D eigenvalue weighted by Crippen LogP contribution is 2.34. The van der Waals surface area contributed by atoms with Crippen LogP contribution >= 0.6 is 0 Å². The molecule has 3 amide bonds. The maximum absolute atomic E-state index is 12.7. The van der Waals surface area contributed by atoms with Crippen molar-refractivity contribution in [2.24, 2.45) is 5.41 Å². The second kappa shape index (κ2) is 5.29. The first kappa shape index (κ1) is 13.4. The van der Waals surface area contributed by atoms with Crippen LogP contribution < -0.4 is 5.32 Å². The Hall–Kier alpha value is -1.06. The van der Waals surface area contributed by atoms with Crippen molar-refractivity contribution >= 4 is 11.9 Å². The lowest BCUT2D eigenvalue weighted by molar-refractivity contribution is -0.144. The van der Waals surface area contributed by atoms with E-state index in [-0.39, 0.29) is 23.4 Å². The fourth-order valence-corrected chi connectivity index (χ4v) is 3.23. The zero-order chi connectivity index (χ0) is 13.2. The number of nitrogens with one attached hydrogen (secondary N) is 1. The summed E-state index contributed by atoms with van der Waals surface area (Å²) in [6.07, 6.45) is 7.04. The highest BCUT2D eigenvalue weighted by Gasteiger charge is 2.46. The molecule has 0 unspecified atom stereocenters. The topological polar surface area (TPSA) is 49.4 Å². The first-order valence-electron chi connectivity index (χ1n) is 7.26. The number of carbonyl (C=O) groups is 2. The van der Waals surface area contributed by atoms with Gasteiger partial charge in [-0.25, -0.2) is 4.79 Å². The van der Waals surface area contributed by atoms with Gasteiger partial charge in [0, 0.05) is 12.6 Å². The van der Waals surface area contributed by atoms with Crippen molar-refractivity contribution in [1.82, 2.24) is 10.2 Å². The molecule has 0 bridgehead atoms. The van der Waals surface area contributed by atoms with Gasteiger partial charge in [0.25, 0.3) is 0 Å². The molecule has 2 rings (SSSR count). The van der Waals surface area contributed by atoms with Gasteiger partial charge in [-0.1, -0.05) is 33.1 Å². The average Bonchev–Trinajstić information content (AvgIpc) is 2.41. The predicted molar refractivity (Wildman–Crippen MR) is 70.1 cm³/mol. The highest BCUT2D eigenvalue weighted by molar-refractivity contribution is 6.00. The monoisotopic (exact) mass is 252 g/mol. The van der Waals surface area contributed by atoms with Gasteiger partial charge in [-0.05, 0) is 25.7 Å². The summed E-state index contributed by atoms with van der Waals surface area (Å²) in [4.78, 5) is 26.2. The third-order valence-corrected chi connectivity index (χ3v) is 4.76. The molecule has 1 aliphatic heterocycles. The average molecular weight is 252 g/mol. The van der Waals surface area contributed by atoms with Crippen LogP contribution in [0.3, 0.4) is 0 Å². The van der Waals surface area contributed by atoms with Crippen molar-refractivity contribution in [3.63, 3.8) is 0 Å². The Morgan fingerprint density at radius 1 is 1.17 bits per heavy atom. The smallest absolute Gasteiger partial charge is 0.324 e. The second-order valence-corrected chi connectivity index (χ2v) is 5.61. The Balaban J connectivity index is 2.20. The second-order valence-electron chi connectivity index (χ2n) is 5.61. The van der Waals surface area contributed by atoms with E-state index in [4.69, 9.17) is 0 Å². The van der Waals surface area contributed by atoms with Crippen molar-refractivity contribution in [2.45, 2.75) is 64.8 Å². The quantitative estimate of drug-likeness (QED) is 0.839. The standard InChI is InChI=1S/C14H24N2O2/c1-3-14(4-2)10-15-13(18)16(12(14)17)11-8-6-5-7-9-11/h11H,3-10H2,1-2H3,(H,15,18). The first-order chi connectivity index (χ1) is 8.64. The van der Waals surface area contributed by atoms with Crippen molar-refractivity contribution in [3.05, 3.63) is 0 Å². The number of rotatable bonds is 3. The van der Waals surface area contributed by atoms with Gasteiger partial charge >= 0.3 is 6.03 Å².